The van der Waals surface area contributed by atoms with Gasteiger partial charge in [-0.15, -0.1) is 11.8 Å². The predicted octanol–water partition coefficient (Wildman–Crippen LogP) is 2.94. The summed E-state index contributed by atoms with van der Waals surface area (Å²) >= 11 is 1.60. The van der Waals surface area contributed by atoms with Crippen LogP contribution in [0.25, 0.3) is 0 Å². The Morgan fingerprint density at radius 3 is 3.00 bits per heavy atom. The van der Waals surface area contributed by atoms with E-state index in [0.29, 0.717) is 17.7 Å². The van der Waals surface area contributed by atoms with Crippen LogP contribution in [0.5, 0.6) is 0 Å². The molecule has 1 fully saturated rings. The quantitative estimate of drug-likeness (QED) is 0.833. The van der Waals surface area contributed by atoms with E-state index in [1.54, 1.807) is 18.0 Å². The second-order valence-electron chi connectivity index (χ2n) is 5.32. The van der Waals surface area contributed by atoms with Crippen LogP contribution in [0.2, 0.25) is 0 Å². The molecular formula is C14H22N2O2S. The Hall–Kier alpha value is -0.970. The second-order valence-corrected chi connectivity index (χ2v) is 6.30. The number of hydrogen-bond acceptors (Lipinski definition) is 4. The second kappa shape index (κ2) is 6.98. The maximum Gasteiger partial charge on any atom is 0.232 e. The van der Waals surface area contributed by atoms with Gasteiger partial charge in [-0.3, -0.25) is 4.79 Å². The Balaban J connectivity index is 1.75. The number of nitrogens with zero attached hydrogens (tertiary/aromatic N) is 2. The van der Waals surface area contributed by atoms with Crippen LogP contribution in [0.4, 0.5) is 0 Å². The van der Waals surface area contributed by atoms with Crippen LogP contribution >= 0.6 is 11.8 Å². The molecule has 19 heavy (non-hydrogen) atoms. The Bertz CT molecular complexity index is 394. The van der Waals surface area contributed by atoms with E-state index in [1.807, 2.05) is 18.0 Å². The molecule has 0 spiro atoms. The minimum Gasteiger partial charge on any atom is -0.364 e. The van der Waals surface area contributed by atoms with Crippen molar-refractivity contribution in [1.29, 1.82) is 0 Å². The van der Waals surface area contributed by atoms with E-state index in [-0.39, 0.29) is 5.91 Å². The van der Waals surface area contributed by atoms with E-state index >= 15 is 0 Å². The third-order valence-corrected chi connectivity index (χ3v) is 4.87. The van der Waals surface area contributed by atoms with Gasteiger partial charge in [-0.25, -0.2) is 0 Å². The summed E-state index contributed by atoms with van der Waals surface area (Å²) in [5.41, 5.74) is 0.895. The minimum atomic E-state index is 0.229. The fourth-order valence-corrected chi connectivity index (χ4v) is 3.55. The zero-order valence-electron chi connectivity index (χ0n) is 11.7. The molecule has 4 nitrogen and oxygen atoms in total. The topological polar surface area (TPSA) is 46.3 Å². The summed E-state index contributed by atoms with van der Waals surface area (Å²) in [6.07, 6.45) is 6.51. The third-order valence-electron chi connectivity index (χ3n) is 3.92. The molecule has 0 radical (unpaired) electrons. The summed E-state index contributed by atoms with van der Waals surface area (Å²) in [4.78, 5) is 14.1. The summed E-state index contributed by atoms with van der Waals surface area (Å²) in [6, 6.07) is 2.26. The lowest BCUT2D eigenvalue weighted by atomic mass is 9.85. The molecular weight excluding hydrogens is 260 g/mol. The Morgan fingerprint density at radius 2 is 2.32 bits per heavy atom. The molecule has 1 aliphatic carbocycles. The van der Waals surface area contributed by atoms with Gasteiger partial charge < -0.3 is 9.42 Å². The first-order valence-electron chi connectivity index (χ1n) is 6.91. The first-order chi connectivity index (χ1) is 9.18. The van der Waals surface area contributed by atoms with E-state index in [2.05, 4.69) is 12.1 Å². The Labute approximate surface area is 118 Å². The summed E-state index contributed by atoms with van der Waals surface area (Å²) in [7, 11) is 1.95. The van der Waals surface area contributed by atoms with Crippen molar-refractivity contribution in [2.75, 3.05) is 12.8 Å². The van der Waals surface area contributed by atoms with E-state index in [4.69, 9.17) is 4.52 Å². The summed E-state index contributed by atoms with van der Waals surface area (Å²) in [5, 5.41) is 3.84. The highest BCUT2D eigenvalue weighted by atomic mass is 32.2. The molecule has 1 aliphatic rings. The zero-order chi connectivity index (χ0) is 13.7. The SMILES string of the molecule is C[C@H]1CCCC[C@H]1N(C)C(=O)CSCc1ccon1. The molecule has 1 amide bonds. The molecule has 0 bridgehead atoms. The van der Waals surface area contributed by atoms with Crippen LogP contribution in [0, 0.1) is 5.92 Å². The van der Waals surface area contributed by atoms with Gasteiger partial charge >= 0.3 is 0 Å². The molecule has 1 aromatic heterocycles. The maximum absolute atomic E-state index is 12.2. The van der Waals surface area contributed by atoms with E-state index in [9.17, 15) is 4.79 Å². The average molecular weight is 282 g/mol. The normalized spacial score (nSPS) is 23.3. The van der Waals surface area contributed by atoms with Crippen molar-refractivity contribution in [2.45, 2.75) is 44.4 Å². The van der Waals surface area contributed by atoms with Gasteiger partial charge in [0.1, 0.15) is 6.26 Å². The van der Waals surface area contributed by atoms with Crippen LogP contribution in [0.1, 0.15) is 38.3 Å². The highest BCUT2D eigenvalue weighted by molar-refractivity contribution is 7.99. The monoisotopic (exact) mass is 282 g/mol. The number of aromatic nitrogens is 1. The summed E-state index contributed by atoms with van der Waals surface area (Å²) < 4.78 is 4.77. The molecule has 0 saturated heterocycles. The molecule has 1 saturated carbocycles. The van der Waals surface area contributed by atoms with Crippen LogP contribution in [-0.2, 0) is 10.5 Å². The number of hydrogen-bond donors (Lipinski definition) is 0. The van der Waals surface area contributed by atoms with Crippen LogP contribution in [-0.4, -0.2) is 34.8 Å². The van der Waals surface area contributed by atoms with Gasteiger partial charge in [0.2, 0.25) is 5.91 Å². The number of thioether (sulfide) groups is 1. The van der Waals surface area contributed by atoms with Crippen LogP contribution in [0.3, 0.4) is 0 Å². The molecule has 106 valence electrons. The van der Waals surface area contributed by atoms with Crippen molar-refractivity contribution >= 4 is 17.7 Å². The molecule has 1 aromatic rings. The van der Waals surface area contributed by atoms with Crippen molar-refractivity contribution in [3.63, 3.8) is 0 Å². The Kier molecular flexibility index (Phi) is 5.31. The fraction of sp³-hybridized carbons (Fsp3) is 0.714. The van der Waals surface area contributed by atoms with Gasteiger partial charge in [0, 0.05) is 24.9 Å². The van der Waals surface area contributed by atoms with Gasteiger partial charge in [-0.2, -0.15) is 0 Å². The van der Waals surface area contributed by atoms with Crippen molar-refractivity contribution in [3.8, 4) is 0 Å². The van der Waals surface area contributed by atoms with Gasteiger partial charge in [0.25, 0.3) is 0 Å². The van der Waals surface area contributed by atoms with Crippen molar-refractivity contribution in [1.82, 2.24) is 10.1 Å². The first-order valence-corrected chi connectivity index (χ1v) is 8.06. The highest BCUT2D eigenvalue weighted by Gasteiger charge is 2.27. The number of carbonyl (C=O) groups is 1. The Morgan fingerprint density at radius 1 is 1.53 bits per heavy atom. The predicted molar refractivity (Wildman–Crippen MR) is 76.9 cm³/mol. The molecule has 0 unspecified atom stereocenters. The lowest BCUT2D eigenvalue weighted by Gasteiger charge is -2.36. The number of amides is 1. The lowest BCUT2D eigenvalue weighted by molar-refractivity contribution is -0.130. The highest BCUT2D eigenvalue weighted by Crippen LogP contribution is 2.27. The van der Waals surface area contributed by atoms with Crippen LogP contribution < -0.4 is 0 Å². The largest absolute Gasteiger partial charge is 0.364 e. The van der Waals surface area contributed by atoms with Crippen molar-refractivity contribution < 1.29 is 9.32 Å². The van der Waals surface area contributed by atoms with Crippen LogP contribution in [0.15, 0.2) is 16.9 Å². The van der Waals surface area contributed by atoms with Gasteiger partial charge in [0.05, 0.1) is 11.4 Å². The minimum absolute atomic E-state index is 0.229. The van der Waals surface area contributed by atoms with E-state index < -0.39 is 0 Å². The molecule has 5 heteroatoms. The first kappa shape index (κ1) is 14.4. The molecule has 0 aliphatic heterocycles. The average Bonchev–Trinajstić information content (AvgIpc) is 2.91. The molecule has 2 rings (SSSR count). The molecule has 0 aromatic carbocycles. The number of rotatable bonds is 5. The molecule has 2 atom stereocenters. The maximum atomic E-state index is 12.2. The standard InChI is InChI=1S/C14H22N2O2S/c1-11-5-3-4-6-13(11)16(2)14(17)10-19-9-12-7-8-18-15-12/h7-8,11,13H,3-6,9-10H2,1-2H3/t11-,13+/m0/s1. The fourth-order valence-electron chi connectivity index (χ4n) is 2.71. The summed E-state index contributed by atoms with van der Waals surface area (Å²) in [5.74, 6) is 2.11. The lowest BCUT2D eigenvalue weighted by Crippen LogP contribution is -2.43. The van der Waals surface area contributed by atoms with E-state index in [0.717, 1.165) is 17.9 Å². The van der Waals surface area contributed by atoms with Crippen molar-refractivity contribution in [2.24, 2.45) is 5.92 Å². The van der Waals surface area contributed by atoms with Gasteiger partial charge in [-0.1, -0.05) is 24.9 Å². The molecule has 0 N–H and O–H groups in total. The zero-order valence-corrected chi connectivity index (χ0v) is 12.5. The van der Waals surface area contributed by atoms with E-state index in [1.165, 1.54) is 19.3 Å². The molecule has 1 heterocycles. The van der Waals surface area contributed by atoms with Gasteiger partial charge in [0.15, 0.2) is 0 Å². The van der Waals surface area contributed by atoms with Gasteiger partial charge in [-0.05, 0) is 18.8 Å². The summed E-state index contributed by atoms with van der Waals surface area (Å²) in [6.45, 7) is 2.26. The smallest absolute Gasteiger partial charge is 0.232 e. The number of carbonyl (C=O) groups excluding carboxylic acids is 1. The third kappa shape index (κ3) is 4.00. The van der Waals surface area contributed by atoms with Crippen molar-refractivity contribution in [3.05, 3.63) is 18.0 Å².